The van der Waals surface area contributed by atoms with Crippen LogP contribution >= 0.6 is 0 Å². The van der Waals surface area contributed by atoms with Gasteiger partial charge in [0, 0.05) is 18.8 Å². The van der Waals surface area contributed by atoms with Gasteiger partial charge in [-0.25, -0.2) is 4.98 Å². The fraction of sp³-hybridized carbons (Fsp3) is 0.238. The van der Waals surface area contributed by atoms with Crippen molar-refractivity contribution in [3.63, 3.8) is 0 Å². The number of nitrogens with one attached hydrogen (secondary N) is 1. The van der Waals surface area contributed by atoms with Gasteiger partial charge in [0.15, 0.2) is 0 Å². The van der Waals surface area contributed by atoms with E-state index in [0.717, 1.165) is 18.5 Å². The van der Waals surface area contributed by atoms with E-state index in [1.807, 2.05) is 17.6 Å². The highest BCUT2D eigenvalue weighted by atomic mass is 16.4. The lowest BCUT2D eigenvalue weighted by atomic mass is 10.1. The van der Waals surface area contributed by atoms with Gasteiger partial charge in [-0.15, -0.1) is 5.10 Å². The van der Waals surface area contributed by atoms with Crippen molar-refractivity contribution in [1.82, 2.24) is 19.7 Å². The second-order valence-corrected chi connectivity index (χ2v) is 7.22. The molecular formula is C21H20N6O2. The highest BCUT2D eigenvalue weighted by Crippen LogP contribution is 2.26. The first kappa shape index (κ1) is 17.4. The predicted octanol–water partition coefficient (Wildman–Crippen LogP) is 2.63. The van der Waals surface area contributed by atoms with Crippen molar-refractivity contribution in [2.75, 3.05) is 11.1 Å². The molecule has 0 bridgehead atoms. The number of nitrogen functional groups attached to an aromatic ring is 1. The zero-order valence-electron chi connectivity index (χ0n) is 15.9. The van der Waals surface area contributed by atoms with Gasteiger partial charge in [0.2, 0.25) is 5.43 Å². The van der Waals surface area contributed by atoms with Crippen molar-refractivity contribution in [2.45, 2.75) is 32.4 Å². The summed E-state index contributed by atoms with van der Waals surface area (Å²) in [4.78, 5) is 17.7. The highest BCUT2D eigenvalue weighted by Gasteiger charge is 2.21. The molecular weight excluding hydrogens is 368 g/mol. The Morgan fingerprint density at radius 2 is 2.00 bits per heavy atom. The highest BCUT2D eigenvalue weighted by molar-refractivity contribution is 5.82. The van der Waals surface area contributed by atoms with Crippen LogP contribution in [0.4, 0.5) is 11.7 Å². The molecule has 4 aromatic rings. The smallest absolute Gasteiger partial charge is 0.313 e. The van der Waals surface area contributed by atoms with Gasteiger partial charge in [-0.3, -0.25) is 4.79 Å². The number of pyridine rings is 2. The van der Waals surface area contributed by atoms with E-state index < -0.39 is 0 Å². The largest absolute Gasteiger partial charge is 0.403 e. The molecule has 0 aliphatic heterocycles. The van der Waals surface area contributed by atoms with E-state index in [4.69, 9.17) is 10.2 Å². The molecule has 0 fully saturated rings. The van der Waals surface area contributed by atoms with Crippen molar-refractivity contribution in [3.8, 4) is 11.5 Å². The summed E-state index contributed by atoms with van der Waals surface area (Å²) < 4.78 is 7.17. The first-order chi connectivity index (χ1) is 14.1. The normalized spacial score (nSPS) is 13.7. The van der Waals surface area contributed by atoms with E-state index in [0.29, 0.717) is 23.1 Å². The van der Waals surface area contributed by atoms with E-state index >= 15 is 0 Å². The minimum Gasteiger partial charge on any atom is -0.403 e. The van der Waals surface area contributed by atoms with Gasteiger partial charge in [0.05, 0.1) is 17.3 Å². The topological polar surface area (TPSA) is 112 Å². The molecule has 0 atom stereocenters. The van der Waals surface area contributed by atoms with Gasteiger partial charge < -0.3 is 20.0 Å². The van der Waals surface area contributed by atoms with Crippen molar-refractivity contribution in [1.29, 1.82) is 0 Å². The van der Waals surface area contributed by atoms with E-state index in [2.05, 4.69) is 44.8 Å². The molecule has 8 nitrogen and oxygen atoms in total. The number of aromatic nitrogens is 4. The number of nitrogens with two attached hydrogens (primary N) is 1. The maximum absolute atomic E-state index is 13.1. The Bertz CT molecular complexity index is 1250. The van der Waals surface area contributed by atoms with Crippen molar-refractivity contribution in [3.05, 3.63) is 64.1 Å². The van der Waals surface area contributed by atoms with Crippen molar-refractivity contribution >= 4 is 22.7 Å². The fourth-order valence-electron chi connectivity index (χ4n) is 3.99. The molecule has 5 rings (SSSR count). The Morgan fingerprint density at radius 3 is 2.66 bits per heavy atom. The van der Waals surface area contributed by atoms with Crippen molar-refractivity contribution < 1.29 is 4.42 Å². The second kappa shape index (κ2) is 6.73. The maximum Gasteiger partial charge on any atom is 0.313 e. The summed E-state index contributed by atoms with van der Waals surface area (Å²) in [5, 5.41) is 11.6. The molecule has 146 valence electrons. The predicted molar refractivity (Wildman–Crippen MR) is 111 cm³/mol. The lowest BCUT2D eigenvalue weighted by molar-refractivity contribution is 0.588. The number of nitrogens with zero attached hydrogens (tertiary/aromatic N) is 4. The molecule has 0 amide bonds. The van der Waals surface area contributed by atoms with Gasteiger partial charge in [0.25, 0.3) is 5.89 Å². The average molecular weight is 388 g/mol. The van der Waals surface area contributed by atoms with Crippen LogP contribution in [-0.4, -0.2) is 25.8 Å². The first-order valence-electron chi connectivity index (χ1n) is 9.58. The summed E-state index contributed by atoms with van der Waals surface area (Å²) >= 11 is 0. The Kier molecular flexibility index (Phi) is 4.04. The van der Waals surface area contributed by atoms with Crippen LogP contribution in [0.2, 0.25) is 0 Å². The van der Waals surface area contributed by atoms with Crippen LogP contribution in [0.25, 0.3) is 22.5 Å². The Hall–Kier alpha value is -3.68. The van der Waals surface area contributed by atoms with E-state index in [1.54, 1.807) is 12.4 Å². The van der Waals surface area contributed by atoms with E-state index in [-0.39, 0.29) is 23.4 Å². The molecule has 1 aliphatic rings. The van der Waals surface area contributed by atoms with Crippen molar-refractivity contribution in [2.24, 2.45) is 0 Å². The van der Waals surface area contributed by atoms with Gasteiger partial charge in [-0.1, -0.05) is 29.4 Å². The standard InChI is InChI=1S/C21H20N6O2/c1-2-27-11-17(20-25-26-21(22)29-20)18(28)16-9-15(10-23-19(16)27)24-14-7-12-5-3-4-6-13(12)8-14/h3-6,9-11,14,24H,2,7-8H2,1H3,(H2,22,26). The molecule has 3 aromatic heterocycles. The minimum absolute atomic E-state index is 0.0723. The van der Waals surface area contributed by atoms with Crippen LogP contribution in [-0.2, 0) is 19.4 Å². The Morgan fingerprint density at radius 1 is 1.24 bits per heavy atom. The van der Waals surface area contributed by atoms with Gasteiger partial charge in [-0.2, -0.15) is 0 Å². The molecule has 3 heterocycles. The quantitative estimate of drug-likeness (QED) is 0.553. The molecule has 0 radical (unpaired) electrons. The maximum atomic E-state index is 13.1. The Labute approximate surface area is 166 Å². The lowest BCUT2D eigenvalue weighted by Gasteiger charge is -2.15. The molecule has 0 unspecified atom stereocenters. The zero-order valence-corrected chi connectivity index (χ0v) is 15.9. The lowest BCUT2D eigenvalue weighted by Crippen LogP contribution is -2.20. The second-order valence-electron chi connectivity index (χ2n) is 7.22. The summed E-state index contributed by atoms with van der Waals surface area (Å²) in [6.45, 7) is 2.63. The zero-order chi connectivity index (χ0) is 20.0. The number of hydrogen-bond acceptors (Lipinski definition) is 7. The van der Waals surface area contributed by atoms with Crippen LogP contribution in [0, 0.1) is 0 Å². The first-order valence-corrected chi connectivity index (χ1v) is 9.58. The van der Waals surface area contributed by atoms with Crippen LogP contribution in [0.5, 0.6) is 0 Å². The number of benzene rings is 1. The fourth-order valence-corrected chi connectivity index (χ4v) is 3.99. The molecule has 3 N–H and O–H groups in total. The SMILES string of the molecule is CCn1cc(-c2nnc(N)o2)c(=O)c2cc(NC3Cc4ccccc4C3)cnc21. The monoisotopic (exact) mass is 388 g/mol. The number of hydrogen-bond donors (Lipinski definition) is 2. The minimum atomic E-state index is -0.209. The summed E-state index contributed by atoms with van der Waals surface area (Å²) in [5.41, 5.74) is 9.80. The third kappa shape index (κ3) is 3.02. The van der Waals surface area contributed by atoms with E-state index in [1.165, 1.54) is 11.1 Å². The number of anilines is 2. The van der Waals surface area contributed by atoms with Crippen LogP contribution in [0.15, 0.2) is 51.9 Å². The van der Waals surface area contributed by atoms with E-state index in [9.17, 15) is 4.79 Å². The molecule has 1 aliphatic carbocycles. The molecule has 0 saturated carbocycles. The third-order valence-electron chi connectivity index (χ3n) is 5.35. The summed E-state index contributed by atoms with van der Waals surface area (Å²) in [6, 6.07) is 10.5. The van der Waals surface area contributed by atoms with Crippen LogP contribution < -0.4 is 16.5 Å². The molecule has 29 heavy (non-hydrogen) atoms. The summed E-state index contributed by atoms with van der Waals surface area (Å²) in [7, 11) is 0. The summed E-state index contributed by atoms with van der Waals surface area (Å²) in [6.07, 6.45) is 5.37. The van der Waals surface area contributed by atoms with Gasteiger partial charge in [-0.05, 0) is 37.0 Å². The molecule has 8 heteroatoms. The van der Waals surface area contributed by atoms with Gasteiger partial charge >= 0.3 is 6.01 Å². The molecule has 0 spiro atoms. The average Bonchev–Trinajstić information content (AvgIpc) is 3.34. The molecule has 0 saturated heterocycles. The Balaban J connectivity index is 1.54. The number of aryl methyl sites for hydroxylation is 1. The van der Waals surface area contributed by atoms with Crippen LogP contribution in [0.3, 0.4) is 0 Å². The summed E-state index contributed by atoms with van der Waals surface area (Å²) in [5.74, 6) is 0.112. The number of rotatable bonds is 4. The third-order valence-corrected chi connectivity index (χ3v) is 5.35. The molecule has 1 aromatic carbocycles. The van der Waals surface area contributed by atoms with Gasteiger partial charge in [0.1, 0.15) is 11.2 Å². The van der Waals surface area contributed by atoms with Crippen LogP contribution in [0.1, 0.15) is 18.1 Å². The number of fused-ring (bicyclic) bond motifs is 2.